The molecular formula is C11H20Cl2N2S. The van der Waals surface area contributed by atoms with E-state index < -0.39 is 0 Å². The van der Waals surface area contributed by atoms with Crippen LogP contribution in [0.2, 0.25) is 0 Å². The summed E-state index contributed by atoms with van der Waals surface area (Å²) in [5.74, 6) is 0. The van der Waals surface area contributed by atoms with Crippen LogP contribution in [-0.2, 0) is 5.54 Å². The lowest BCUT2D eigenvalue weighted by atomic mass is 9.85. The Hall–Kier alpha value is 0.200. The SMILES string of the molecule is CN(C)C1(c2cccs2)CCNCC1.Cl.Cl. The normalized spacial score (nSPS) is 18.7. The van der Waals surface area contributed by atoms with Crippen molar-refractivity contribution in [2.45, 2.75) is 18.4 Å². The van der Waals surface area contributed by atoms with Crippen molar-refractivity contribution in [2.24, 2.45) is 0 Å². The number of halogens is 2. The van der Waals surface area contributed by atoms with E-state index in [1.54, 1.807) is 0 Å². The molecule has 2 heterocycles. The van der Waals surface area contributed by atoms with Crippen LogP contribution in [-0.4, -0.2) is 32.1 Å². The van der Waals surface area contributed by atoms with E-state index in [-0.39, 0.29) is 24.8 Å². The van der Waals surface area contributed by atoms with E-state index in [2.05, 4.69) is 41.8 Å². The maximum absolute atomic E-state index is 3.43. The molecule has 0 amide bonds. The van der Waals surface area contributed by atoms with Crippen molar-refractivity contribution in [3.63, 3.8) is 0 Å². The third kappa shape index (κ3) is 2.90. The molecule has 0 saturated carbocycles. The highest BCUT2D eigenvalue weighted by Crippen LogP contribution is 2.37. The van der Waals surface area contributed by atoms with Crippen molar-refractivity contribution in [2.75, 3.05) is 27.2 Å². The van der Waals surface area contributed by atoms with Gasteiger partial charge in [-0.1, -0.05) is 6.07 Å². The van der Waals surface area contributed by atoms with Crippen molar-refractivity contribution >= 4 is 36.2 Å². The third-order valence-corrected chi connectivity index (χ3v) is 4.33. The summed E-state index contributed by atoms with van der Waals surface area (Å²) in [4.78, 5) is 3.91. The average molecular weight is 283 g/mol. The lowest BCUT2D eigenvalue weighted by Crippen LogP contribution is -2.48. The molecule has 1 N–H and O–H groups in total. The van der Waals surface area contributed by atoms with Crippen molar-refractivity contribution in [3.05, 3.63) is 22.4 Å². The summed E-state index contributed by atoms with van der Waals surface area (Å²) < 4.78 is 0. The fourth-order valence-corrected chi connectivity index (χ4v) is 3.36. The van der Waals surface area contributed by atoms with Gasteiger partial charge in [0, 0.05) is 4.88 Å². The smallest absolute Gasteiger partial charge is 0.0572 e. The first-order valence-corrected chi connectivity index (χ1v) is 6.06. The molecule has 1 aliphatic heterocycles. The lowest BCUT2D eigenvalue weighted by molar-refractivity contribution is 0.111. The molecule has 0 aliphatic carbocycles. The van der Waals surface area contributed by atoms with Gasteiger partial charge in [0.2, 0.25) is 0 Å². The molecule has 94 valence electrons. The number of nitrogens with zero attached hydrogens (tertiary/aromatic N) is 1. The minimum atomic E-state index is 0. The molecule has 1 aliphatic rings. The molecule has 2 nitrogen and oxygen atoms in total. The Morgan fingerprint density at radius 3 is 2.31 bits per heavy atom. The maximum atomic E-state index is 3.43. The number of hydrogen-bond acceptors (Lipinski definition) is 3. The Balaban J connectivity index is 0.00000112. The van der Waals surface area contributed by atoms with Gasteiger partial charge in [0.1, 0.15) is 0 Å². The number of nitrogens with one attached hydrogen (secondary N) is 1. The fourth-order valence-electron chi connectivity index (χ4n) is 2.30. The molecule has 0 aromatic carbocycles. The number of piperidine rings is 1. The lowest BCUT2D eigenvalue weighted by Gasteiger charge is -2.42. The number of thiophene rings is 1. The highest BCUT2D eigenvalue weighted by molar-refractivity contribution is 7.10. The van der Waals surface area contributed by atoms with E-state index in [4.69, 9.17) is 0 Å². The average Bonchev–Trinajstić information content (AvgIpc) is 2.72. The van der Waals surface area contributed by atoms with Crippen LogP contribution in [0.1, 0.15) is 17.7 Å². The molecule has 1 aromatic heterocycles. The molecule has 1 saturated heterocycles. The van der Waals surface area contributed by atoms with E-state index in [9.17, 15) is 0 Å². The summed E-state index contributed by atoms with van der Waals surface area (Å²) in [6, 6.07) is 4.43. The molecule has 1 aromatic rings. The molecule has 0 spiro atoms. The van der Waals surface area contributed by atoms with Crippen molar-refractivity contribution in [1.82, 2.24) is 10.2 Å². The van der Waals surface area contributed by atoms with Crippen LogP contribution in [0, 0.1) is 0 Å². The van der Waals surface area contributed by atoms with Gasteiger partial charge in [-0.2, -0.15) is 0 Å². The van der Waals surface area contributed by atoms with Gasteiger partial charge >= 0.3 is 0 Å². The quantitative estimate of drug-likeness (QED) is 0.898. The summed E-state index contributed by atoms with van der Waals surface area (Å²) in [5, 5.41) is 5.62. The summed E-state index contributed by atoms with van der Waals surface area (Å²) in [7, 11) is 4.40. The molecule has 0 bridgehead atoms. The molecule has 0 radical (unpaired) electrons. The number of rotatable bonds is 2. The van der Waals surface area contributed by atoms with E-state index in [1.165, 1.54) is 17.7 Å². The Kier molecular flexibility index (Phi) is 6.90. The summed E-state index contributed by atoms with van der Waals surface area (Å²) in [6.07, 6.45) is 2.45. The second kappa shape index (κ2) is 6.82. The first kappa shape index (κ1) is 16.2. The van der Waals surface area contributed by atoms with Crippen LogP contribution in [0.5, 0.6) is 0 Å². The number of hydrogen-bond donors (Lipinski definition) is 1. The largest absolute Gasteiger partial charge is 0.317 e. The molecule has 16 heavy (non-hydrogen) atoms. The molecule has 0 atom stereocenters. The first-order valence-electron chi connectivity index (χ1n) is 5.18. The van der Waals surface area contributed by atoms with Gasteiger partial charge in [-0.3, -0.25) is 4.90 Å². The first-order chi connectivity index (χ1) is 6.76. The van der Waals surface area contributed by atoms with E-state index >= 15 is 0 Å². The predicted octanol–water partition coefficient (Wildman–Crippen LogP) is 2.73. The van der Waals surface area contributed by atoms with E-state index in [0.717, 1.165) is 13.1 Å². The van der Waals surface area contributed by atoms with E-state index in [0.29, 0.717) is 5.54 Å². The minimum absolute atomic E-state index is 0. The van der Waals surface area contributed by atoms with Crippen molar-refractivity contribution in [1.29, 1.82) is 0 Å². The topological polar surface area (TPSA) is 15.3 Å². The van der Waals surface area contributed by atoms with Crippen LogP contribution in [0.4, 0.5) is 0 Å². The maximum Gasteiger partial charge on any atom is 0.0572 e. The Morgan fingerprint density at radius 2 is 1.88 bits per heavy atom. The van der Waals surface area contributed by atoms with Crippen LogP contribution >= 0.6 is 36.2 Å². The summed E-state index contributed by atoms with van der Waals surface area (Å²) in [6.45, 7) is 2.27. The summed E-state index contributed by atoms with van der Waals surface area (Å²) in [5.41, 5.74) is 0.291. The second-order valence-corrected chi connectivity index (χ2v) is 5.10. The molecule has 2 rings (SSSR count). The van der Waals surface area contributed by atoms with Gasteiger partial charge in [0.15, 0.2) is 0 Å². The molecular weight excluding hydrogens is 263 g/mol. The van der Waals surface area contributed by atoms with Crippen LogP contribution in [0.3, 0.4) is 0 Å². The second-order valence-electron chi connectivity index (χ2n) is 4.15. The predicted molar refractivity (Wildman–Crippen MR) is 76.3 cm³/mol. The highest BCUT2D eigenvalue weighted by atomic mass is 35.5. The van der Waals surface area contributed by atoms with Gasteiger partial charge in [0.05, 0.1) is 5.54 Å². The van der Waals surface area contributed by atoms with Crippen molar-refractivity contribution < 1.29 is 0 Å². The Labute approximate surface area is 114 Å². The van der Waals surface area contributed by atoms with Gasteiger partial charge in [0.25, 0.3) is 0 Å². The van der Waals surface area contributed by atoms with Crippen LogP contribution in [0.25, 0.3) is 0 Å². The summed E-state index contributed by atoms with van der Waals surface area (Å²) >= 11 is 1.89. The standard InChI is InChI=1S/C11H18N2S.2ClH/c1-13(2)11(5-7-12-8-6-11)10-4-3-9-14-10;;/h3-4,9,12H,5-8H2,1-2H3;2*1H. The molecule has 0 unspecified atom stereocenters. The van der Waals surface area contributed by atoms with Gasteiger partial charge < -0.3 is 5.32 Å². The van der Waals surface area contributed by atoms with Gasteiger partial charge in [-0.25, -0.2) is 0 Å². The molecule has 1 fully saturated rings. The monoisotopic (exact) mass is 282 g/mol. The third-order valence-electron chi connectivity index (χ3n) is 3.27. The van der Waals surface area contributed by atoms with Gasteiger partial charge in [-0.05, 0) is 51.5 Å². The minimum Gasteiger partial charge on any atom is -0.317 e. The van der Waals surface area contributed by atoms with Crippen LogP contribution < -0.4 is 5.32 Å². The highest BCUT2D eigenvalue weighted by Gasteiger charge is 2.36. The van der Waals surface area contributed by atoms with Crippen LogP contribution in [0.15, 0.2) is 17.5 Å². The van der Waals surface area contributed by atoms with E-state index in [1.807, 2.05) is 11.3 Å². The zero-order chi connectivity index (χ0) is 10.0. The zero-order valence-electron chi connectivity index (χ0n) is 9.73. The Bertz CT molecular complexity index is 282. The molecule has 5 heteroatoms. The van der Waals surface area contributed by atoms with Gasteiger partial charge in [-0.15, -0.1) is 36.2 Å². The van der Waals surface area contributed by atoms with Crippen molar-refractivity contribution in [3.8, 4) is 0 Å². The zero-order valence-corrected chi connectivity index (χ0v) is 12.2. The fraction of sp³-hybridized carbons (Fsp3) is 0.636. The Morgan fingerprint density at radius 1 is 1.25 bits per heavy atom.